The zero-order valence-corrected chi connectivity index (χ0v) is 9.61. The molecule has 0 atom stereocenters. The Morgan fingerprint density at radius 1 is 1.47 bits per heavy atom. The molecule has 0 saturated heterocycles. The number of hydrogen-bond donors (Lipinski definition) is 1. The van der Waals surface area contributed by atoms with E-state index in [1.165, 1.54) is 13.2 Å². The number of aryl methyl sites for hydroxylation is 1. The molecule has 17 heavy (non-hydrogen) atoms. The quantitative estimate of drug-likeness (QED) is 0.791. The predicted molar refractivity (Wildman–Crippen MR) is 63.1 cm³/mol. The smallest absolute Gasteiger partial charge is 0.343 e. The Bertz CT molecular complexity index is 631. The van der Waals surface area contributed by atoms with Gasteiger partial charge in [-0.15, -0.1) is 0 Å². The van der Waals surface area contributed by atoms with Gasteiger partial charge in [0.05, 0.1) is 7.11 Å². The monoisotopic (exact) mass is 232 g/mol. The van der Waals surface area contributed by atoms with Gasteiger partial charge in [0.15, 0.2) is 0 Å². The molecule has 0 aliphatic heterocycles. The van der Waals surface area contributed by atoms with Crippen molar-refractivity contribution < 1.29 is 9.53 Å². The highest BCUT2D eigenvalue weighted by atomic mass is 16.5. The average molecular weight is 232 g/mol. The average Bonchev–Trinajstić information content (AvgIpc) is 2.36. The van der Waals surface area contributed by atoms with E-state index in [-0.39, 0.29) is 5.56 Å². The van der Waals surface area contributed by atoms with Gasteiger partial charge in [-0.3, -0.25) is 4.79 Å². The number of carbonyl (C=O) groups is 1. The minimum atomic E-state index is -0.643. The standard InChI is InChI=1S/C12H12N2O3/c1-3-7-4-8-5-9(12(16)17-2)11(15)14-10(8)13-6-7/h4-6H,3H2,1-2H3,(H,13,14,15). The summed E-state index contributed by atoms with van der Waals surface area (Å²) < 4.78 is 4.54. The summed E-state index contributed by atoms with van der Waals surface area (Å²) in [6.07, 6.45) is 2.55. The number of ether oxygens (including phenoxy) is 1. The van der Waals surface area contributed by atoms with Gasteiger partial charge in [0.1, 0.15) is 11.2 Å². The van der Waals surface area contributed by atoms with Gasteiger partial charge in [-0.05, 0) is 24.1 Å². The molecular weight excluding hydrogens is 220 g/mol. The first-order valence-electron chi connectivity index (χ1n) is 5.26. The fourth-order valence-electron chi connectivity index (χ4n) is 1.59. The molecule has 5 nitrogen and oxygen atoms in total. The fraction of sp³-hybridized carbons (Fsp3) is 0.250. The molecule has 0 amide bonds. The highest BCUT2D eigenvalue weighted by Crippen LogP contribution is 2.11. The minimum absolute atomic E-state index is 0.00458. The first-order chi connectivity index (χ1) is 8.15. The van der Waals surface area contributed by atoms with Crippen LogP contribution in [0.25, 0.3) is 11.0 Å². The second kappa shape index (κ2) is 4.37. The molecule has 0 bridgehead atoms. The number of hydrogen-bond acceptors (Lipinski definition) is 4. The van der Waals surface area contributed by atoms with Crippen molar-refractivity contribution in [3.8, 4) is 0 Å². The first kappa shape index (κ1) is 11.3. The molecule has 0 aliphatic carbocycles. The van der Waals surface area contributed by atoms with E-state index < -0.39 is 11.5 Å². The minimum Gasteiger partial charge on any atom is -0.465 e. The number of nitrogens with one attached hydrogen (secondary N) is 1. The molecule has 0 radical (unpaired) electrons. The molecule has 0 fully saturated rings. The zero-order chi connectivity index (χ0) is 12.4. The molecule has 0 saturated carbocycles. The Kier molecular flexibility index (Phi) is 2.91. The fourth-order valence-corrected chi connectivity index (χ4v) is 1.59. The second-order valence-corrected chi connectivity index (χ2v) is 3.64. The number of aromatic nitrogens is 2. The highest BCUT2D eigenvalue weighted by Gasteiger charge is 2.12. The van der Waals surface area contributed by atoms with E-state index in [0.29, 0.717) is 5.65 Å². The lowest BCUT2D eigenvalue weighted by molar-refractivity contribution is 0.0599. The molecule has 88 valence electrons. The Morgan fingerprint density at radius 2 is 2.24 bits per heavy atom. The Balaban J connectivity index is 2.68. The third-order valence-corrected chi connectivity index (χ3v) is 2.56. The van der Waals surface area contributed by atoms with Gasteiger partial charge in [-0.2, -0.15) is 0 Å². The van der Waals surface area contributed by atoms with Crippen LogP contribution in [0.15, 0.2) is 23.1 Å². The maximum atomic E-state index is 11.6. The van der Waals surface area contributed by atoms with Gasteiger partial charge < -0.3 is 9.72 Å². The van der Waals surface area contributed by atoms with Crippen molar-refractivity contribution in [2.24, 2.45) is 0 Å². The molecule has 1 N–H and O–H groups in total. The molecule has 2 rings (SSSR count). The number of esters is 1. The number of nitrogens with zero attached hydrogens (tertiary/aromatic N) is 1. The van der Waals surface area contributed by atoms with Crippen molar-refractivity contribution in [1.82, 2.24) is 9.97 Å². The summed E-state index contributed by atoms with van der Waals surface area (Å²) in [6, 6.07) is 3.40. The third-order valence-electron chi connectivity index (χ3n) is 2.56. The van der Waals surface area contributed by atoms with Gasteiger partial charge in [0.25, 0.3) is 5.56 Å². The predicted octanol–water partition coefficient (Wildman–Crippen LogP) is 1.27. The van der Waals surface area contributed by atoms with Crippen molar-refractivity contribution in [1.29, 1.82) is 0 Å². The van der Waals surface area contributed by atoms with Crippen LogP contribution in [-0.2, 0) is 11.2 Å². The number of methoxy groups -OCH3 is 1. The van der Waals surface area contributed by atoms with Gasteiger partial charge in [0.2, 0.25) is 0 Å². The SMILES string of the molecule is CCc1cnc2[nH]c(=O)c(C(=O)OC)cc2c1. The van der Waals surface area contributed by atoms with Gasteiger partial charge >= 0.3 is 5.97 Å². The van der Waals surface area contributed by atoms with E-state index in [4.69, 9.17) is 0 Å². The normalized spacial score (nSPS) is 10.5. The van der Waals surface area contributed by atoms with E-state index in [1.54, 1.807) is 6.20 Å². The molecule has 5 heteroatoms. The summed E-state index contributed by atoms with van der Waals surface area (Å²) >= 11 is 0. The van der Waals surface area contributed by atoms with Crippen LogP contribution in [0.4, 0.5) is 0 Å². The zero-order valence-electron chi connectivity index (χ0n) is 9.61. The van der Waals surface area contributed by atoms with Crippen LogP contribution in [-0.4, -0.2) is 23.0 Å². The van der Waals surface area contributed by atoms with Crippen LogP contribution in [0.5, 0.6) is 0 Å². The molecule has 0 aliphatic rings. The Labute approximate surface area is 97.4 Å². The lowest BCUT2D eigenvalue weighted by Gasteiger charge is -2.02. The number of aromatic amines is 1. The van der Waals surface area contributed by atoms with E-state index in [0.717, 1.165) is 17.4 Å². The Hall–Kier alpha value is -2.17. The van der Waals surface area contributed by atoms with Gasteiger partial charge in [-0.1, -0.05) is 6.92 Å². The summed E-state index contributed by atoms with van der Waals surface area (Å²) in [5.41, 5.74) is 1.02. The van der Waals surface area contributed by atoms with Crippen LogP contribution in [0.2, 0.25) is 0 Å². The van der Waals surface area contributed by atoms with E-state index in [9.17, 15) is 9.59 Å². The highest BCUT2D eigenvalue weighted by molar-refractivity contribution is 5.92. The number of carbonyl (C=O) groups excluding carboxylic acids is 1. The van der Waals surface area contributed by atoms with Crippen molar-refractivity contribution in [2.45, 2.75) is 13.3 Å². The molecule has 0 spiro atoms. The third kappa shape index (κ3) is 2.04. The lowest BCUT2D eigenvalue weighted by atomic mass is 10.1. The second-order valence-electron chi connectivity index (χ2n) is 3.64. The maximum Gasteiger partial charge on any atom is 0.343 e. The van der Waals surface area contributed by atoms with Crippen molar-refractivity contribution >= 4 is 17.0 Å². The number of pyridine rings is 2. The van der Waals surface area contributed by atoms with Gasteiger partial charge in [-0.25, -0.2) is 9.78 Å². The molecule has 2 aromatic rings. The molecule has 2 aromatic heterocycles. The van der Waals surface area contributed by atoms with Crippen LogP contribution in [0.1, 0.15) is 22.8 Å². The number of H-pyrrole nitrogens is 1. The van der Waals surface area contributed by atoms with Gasteiger partial charge in [0, 0.05) is 11.6 Å². The largest absolute Gasteiger partial charge is 0.465 e. The van der Waals surface area contributed by atoms with Crippen LogP contribution >= 0.6 is 0 Å². The van der Waals surface area contributed by atoms with Crippen LogP contribution < -0.4 is 5.56 Å². The molecule has 0 unspecified atom stereocenters. The molecule has 0 aromatic carbocycles. The summed E-state index contributed by atoms with van der Waals surface area (Å²) in [6.45, 7) is 2.01. The summed E-state index contributed by atoms with van der Waals surface area (Å²) in [4.78, 5) is 29.7. The lowest BCUT2D eigenvalue weighted by Crippen LogP contribution is -2.18. The van der Waals surface area contributed by atoms with Crippen LogP contribution in [0, 0.1) is 0 Å². The van der Waals surface area contributed by atoms with Crippen molar-refractivity contribution in [3.63, 3.8) is 0 Å². The van der Waals surface area contributed by atoms with E-state index in [2.05, 4.69) is 14.7 Å². The Morgan fingerprint density at radius 3 is 2.88 bits per heavy atom. The number of fused-ring (bicyclic) bond motifs is 1. The topological polar surface area (TPSA) is 72.0 Å². The molecular formula is C12H12N2O3. The summed E-state index contributed by atoms with van der Waals surface area (Å²) in [5.74, 6) is -0.643. The van der Waals surface area contributed by atoms with E-state index >= 15 is 0 Å². The molecule has 2 heterocycles. The van der Waals surface area contributed by atoms with Crippen molar-refractivity contribution in [2.75, 3.05) is 7.11 Å². The van der Waals surface area contributed by atoms with E-state index in [1.807, 2.05) is 13.0 Å². The summed E-state index contributed by atoms with van der Waals surface area (Å²) in [5, 5.41) is 0.726. The van der Waals surface area contributed by atoms with Crippen LogP contribution in [0.3, 0.4) is 0 Å². The van der Waals surface area contributed by atoms with Crippen molar-refractivity contribution in [3.05, 3.63) is 39.8 Å². The first-order valence-corrected chi connectivity index (χ1v) is 5.26. The number of rotatable bonds is 2. The summed E-state index contributed by atoms with van der Waals surface area (Å²) in [7, 11) is 1.24. The maximum absolute atomic E-state index is 11.6.